The van der Waals surface area contributed by atoms with Crippen molar-refractivity contribution in [1.29, 1.82) is 0 Å². The van der Waals surface area contributed by atoms with Gasteiger partial charge in [-0.1, -0.05) is 6.92 Å². The summed E-state index contributed by atoms with van der Waals surface area (Å²) in [5, 5.41) is 4.46. The molecule has 0 spiro atoms. The van der Waals surface area contributed by atoms with Gasteiger partial charge in [0.15, 0.2) is 0 Å². The minimum atomic E-state index is -0.0797. The summed E-state index contributed by atoms with van der Waals surface area (Å²) in [6, 6.07) is 2.15. The van der Waals surface area contributed by atoms with Gasteiger partial charge in [-0.05, 0) is 31.9 Å². The van der Waals surface area contributed by atoms with E-state index in [4.69, 9.17) is 4.74 Å². The number of ether oxygens (including phenoxy) is 1. The molecule has 1 atom stereocenters. The van der Waals surface area contributed by atoms with Gasteiger partial charge in [-0.15, -0.1) is 0 Å². The number of hydrogen-bond acceptors (Lipinski definition) is 4. The predicted octanol–water partition coefficient (Wildman–Crippen LogP) is 1.37. The summed E-state index contributed by atoms with van der Waals surface area (Å²) in [5.74, 6) is -0.0541. The van der Waals surface area contributed by atoms with E-state index in [1.165, 1.54) is 12.8 Å². The van der Waals surface area contributed by atoms with Crippen LogP contribution in [0.15, 0.2) is 6.07 Å². The van der Waals surface area contributed by atoms with Crippen LogP contribution < -0.4 is 0 Å². The quantitative estimate of drug-likeness (QED) is 0.771. The predicted molar refractivity (Wildman–Crippen MR) is 72.6 cm³/mol. The number of rotatable bonds is 4. The minimum absolute atomic E-state index is 0.0256. The van der Waals surface area contributed by atoms with E-state index in [0.29, 0.717) is 0 Å². The topological polar surface area (TPSA) is 47.4 Å². The Kier molecular flexibility index (Phi) is 4.58. The molecule has 1 fully saturated rings. The number of carbonyl (C=O) groups is 1. The minimum Gasteiger partial charge on any atom is -0.469 e. The number of likely N-dealkylation sites (tertiary alicyclic amines) is 1. The lowest BCUT2D eigenvalue weighted by molar-refractivity contribution is -0.147. The molecule has 2 heterocycles. The summed E-state index contributed by atoms with van der Waals surface area (Å²) in [6.07, 6.45) is 2.95. The van der Waals surface area contributed by atoms with Gasteiger partial charge in [-0.3, -0.25) is 14.4 Å². The number of esters is 1. The van der Waals surface area contributed by atoms with Gasteiger partial charge in [0.2, 0.25) is 0 Å². The highest BCUT2D eigenvalue weighted by atomic mass is 16.5. The van der Waals surface area contributed by atoms with E-state index < -0.39 is 0 Å². The maximum absolute atomic E-state index is 11.6. The van der Waals surface area contributed by atoms with E-state index in [2.05, 4.69) is 23.0 Å². The van der Waals surface area contributed by atoms with Gasteiger partial charge >= 0.3 is 5.97 Å². The Labute approximate surface area is 114 Å². The largest absolute Gasteiger partial charge is 0.469 e. The third kappa shape index (κ3) is 3.35. The number of aryl methyl sites for hydroxylation is 2. The van der Waals surface area contributed by atoms with Gasteiger partial charge in [0.25, 0.3) is 0 Å². The number of carbonyl (C=O) groups excluding carboxylic acids is 1. The number of hydrogen-bond donors (Lipinski definition) is 0. The van der Waals surface area contributed by atoms with E-state index in [0.717, 1.165) is 44.6 Å². The smallest absolute Gasteiger partial charge is 0.309 e. The molecule has 1 aliphatic rings. The van der Waals surface area contributed by atoms with Crippen LogP contribution in [0, 0.1) is 5.92 Å². The lowest BCUT2D eigenvalue weighted by Crippen LogP contribution is -2.39. The first-order chi connectivity index (χ1) is 9.13. The first-order valence-corrected chi connectivity index (χ1v) is 6.96. The van der Waals surface area contributed by atoms with Crippen molar-refractivity contribution in [3.05, 3.63) is 17.5 Å². The van der Waals surface area contributed by atoms with Gasteiger partial charge in [0, 0.05) is 20.1 Å². The summed E-state index contributed by atoms with van der Waals surface area (Å²) in [4.78, 5) is 13.9. The first kappa shape index (κ1) is 14.1. The van der Waals surface area contributed by atoms with Crippen LogP contribution in [0.5, 0.6) is 0 Å². The molecule has 106 valence electrons. The van der Waals surface area contributed by atoms with Crippen molar-refractivity contribution >= 4 is 5.97 Å². The highest BCUT2D eigenvalue weighted by molar-refractivity contribution is 5.72. The fraction of sp³-hybridized carbons (Fsp3) is 0.714. The molecule has 1 saturated heterocycles. The average Bonchev–Trinajstić information content (AvgIpc) is 2.79. The molecule has 1 unspecified atom stereocenters. The molecule has 5 nitrogen and oxygen atoms in total. The first-order valence-electron chi connectivity index (χ1n) is 6.96. The average molecular weight is 265 g/mol. The van der Waals surface area contributed by atoms with E-state index in [1.54, 1.807) is 0 Å². The van der Waals surface area contributed by atoms with Crippen LogP contribution in [0.3, 0.4) is 0 Å². The molecule has 0 bridgehead atoms. The molecular weight excluding hydrogens is 242 g/mol. The number of aromatic nitrogens is 2. The molecule has 0 amide bonds. The van der Waals surface area contributed by atoms with Crippen molar-refractivity contribution in [2.24, 2.45) is 13.0 Å². The maximum atomic E-state index is 11.6. The molecule has 0 saturated carbocycles. The van der Waals surface area contributed by atoms with Crippen LogP contribution in [-0.2, 0) is 29.5 Å². The van der Waals surface area contributed by atoms with Crippen LogP contribution in [0.4, 0.5) is 0 Å². The van der Waals surface area contributed by atoms with Crippen molar-refractivity contribution in [3.8, 4) is 0 Å². The Morgan fingerprint density at radius 3 is 3.00 bits per heavy atom. The second-order valence-electron chi connectivity index (χ2n) is 5.20. The zero-order valence-corrected chi connectivity index (χ0v) is 12.1. The summed E-state index contributed by atoms with van der Waals surface area (Å²) in [7, 11) is 3.45. The zero-order valence-electron chi connectivity index (χ0n) is 12.1. The van der Waals surface area contributed by atoms with Crippen LogP contribution in [0.2, 0.25) is 0 Å². The Morgan fingerprint density at radius 2 is 2.37 bits per heavy atom. The number of piperidine rings is 1. The Balaban J connectivity index is 1.98. The second-order valence-corrected chi connectivity index (χ2v) is 5.20. The van der Waals surface area contributed by atoms with E-state index in [-0.39, 0.29) is 11.9 Å². The standard InChI is InChI=1S/C14H23N3O2/c1-4-12-8-13(16(2)15-12)10-17-7-5-6-11(9-17)14(18)19-3/h8,11H,4-7,9-10H2,1-3H3. The Bertz CT molecular complexity index is 442. The third-order valence-corrected chi connectivity index (χ3v) is 3.82. The van der Waals surface area contributed by atoms with Crippen LogP contribution >= 0.6 is 0 Å². The van der Waals surface area contributed by atoms with Gasteiger partial charge in [-0.2, -0.15) is 5.10 Å². The van der Waals surface area contributed by atoms with Gasteiger partial charge in [0.05, 0.1) is 24.4 Å². The van der Waals surface area contributed by atoms with E-state index >= 15 is 0 Å². The van der Waals surface area contributed by atoms with Crippen molar-refractivity contribution in [3.63, 3.8) is 0 Å². The fourth-order valence-electron chi connectivity index (χ4n) is 2.68. The maximum Gasteiger partial charge on any atom is 0.309 e. The van der Waals surface area contributed by atoms with E-state index in [9.17, 15) is 4.79 Å². The summed E-state index contributed by atoms with van der Waals surface area (Å²) >= 11 is 0. The molecule has 1 aromatic rings. The second kappa shape index (κ2) is 6.19. The van der Waals surface area contributed by atoms with Crippen LogP contribution in [0.25, 0.3) is 0 Å². The molecule has 0 aliphatic carbocycles. The van der Waals surface area contributed by atoms with E-state index in [1.807, 2.05) is 11.7 Å². The normalized spacial score (nSPS) is 20.5. The fourth-order valence-corrected chi connectivity index (χ4v) is 2.68. The number of nitrogens with zero attached hydrogens (tertiary/aromatic N) is 3. The zero-order chi connectivity index (χ0) is 13.8. The van der Waals surface area contributed by atoms with Crippen molar-refractivity contribution in [2.75, 3.05) is 20.2 Å². The van der Waals surface area contributed by atoms with Crippen molar-refractivity contribution in [1.82, 2.24) is 14.7 Å². The lowest BCUT2D eigenvalue weighted by Gasteiger charge is -2.31. The molecule has 1 aliphatic heterocycles. The molecule has 0 N–H and O–H groups in total. The molecule has 2 rings (SSSR count). The molecule has 19 heavy (non-hydrogen) atoms. The molecule has 5 heteroatoms. The molecule has 0 radical (unpaired) electrons. The number of methoxy groups -OCH3 is 1. The summed E-state index contributed by atoms with van der Waals surface area (Å²) in [5.41, 5.74) is 2.33. The van der Waals surface area contributed by atoms with Gasteiger partial charge in [-0.25, -0.2) is 0 Å². The van der Waals surface area contributed by atoms with Gasteiger partial charge in [0.1, 0.15) is 0 Å². The van der Waals surface area contributed by atoms with Crippen LogP contribution in [0.1, 0.15) is 31.2 Å². The highest BCUT2D eigenvalue weighted by Crippen LogP contribution is 2.19. The summed E-state index contributed by atoms with van der Waals surface area (Å²) < 4.78 is 6.80. The SMILES string of the molecule is CCc1cc(CN2CCCC(C(=O)OC)C2)n(C)n1. The monoisotopic (exact) mass is 265 g/mol. The molecule has 1 aromatic heterocycles. The Morgan fingerprint density at radius 1 is 1.58 bits per heavy atom. The highest BCUT2D eigenvalue weighted by Gasteiger charge is 2.26. The lowest BCUT2D eigenvalue weighted by atomic mass is 9.98. The molecular formula is C14H23N3O2. The van der Waals surface area contributed by atoms with Crippen LogP contribution in [-0.4, -0.2) is 40.8 Å². The molecule has 0 aromatic carbocycles. The third-order valence-electron chi connectivity index (χ3n) is 3.82. The van der Waals surface area contributed by atoms with Gasteiger partial charge < -0.3 is 4.74 Å². The van der Waals surface area contributed by atoms with Crippen molar-refractivity contribution in [2.45, 2.75) is 32.7 Å². The summed E-state index contributed by atoms with van der Waals surface area (Å²) in [6.45, 7) is 4.80. The Hall–Kier alpha value is -1.36. The van der Waals surface area contributed by atoms with Crippen molar-refractivity contribution < 1.29 is 9.53 Å².